The summed E-state index contributed by atoms with van der Waals surface area (Å²) in [4.78, 5) is 0. The lowest BCUT2D eigenvalue weighted by molar-refractivity contribution is 0.868. The van der Waals surface area contributed by atoms with E-state index in [2.05, 4.69) is 188 Å². The van der Waals surface area contributed by atoms with E-state index in [9.17, 15) is 0 Å². The van der Waals surface area contributed by atoms with E-state index in [4.69, 9.17) is 0 Å². The first-order valence-corrected chi connectivity index (χ1v) is 17.5. The molecule has 49 heavy (non-hydrogen) atoms. The predicted octanol–water partition coefficient (Wildman–Crippen LogP) is 11.5. The van der Waals surface area contributed by atoms with E-state index in [1.54, 1.807) is 0 Å². The van der Waals surface area contributed by atoms with E-state index >= 15 is 0 Å². The Hall–Kier alpha value is -5.46. The lowest BCUT2D eigenvalue weighted by atomic mass is 9.76. The van der Waals surface area contributed by atoms with Crippen LogP contribution in [0.5, 0.6) is 0 Å². The lowest BCUT2D eigenvalue weighted by Crippen LogP contribution is -2.17. The van der Waals surface area contributed by atoms with Gasteiger partial charge in [-0.3, -0.25) is 0 Å². The molecular weight excluding hydrogens is 589 g/mol. The van der Waals surface area contributed by atoms with Crippen LogP contribution in [0.25, 0.3) is 0 Å². The quantitative estimate of drug-likeness (QED) is 0.119. The van der Waals surface area contributed by atoms with E-state index in [-0.39, 0.29) is 0 Å². The van der Waals surface area contributed by atoms with Crippen molar-refractivity contribution in [1.29, 1.82) is 0 Å². The lowest BCUT2D eigenvalue weighted by Gasteiger charge is -2.28. The maximum atomic E-state index is 2.58. The number of hydrogen-bond donors (Lipinski definition) is 0. The Bertz CT molecular complexity index is 1970. The first-order chi connectivity index (χ1) is 24.3. The molecule has 0 heterocycles. The Morgan fingerprint density at radius 1 is 0.286 bits per heavy atom. The number of rotatable bonds is 13. The summed E-state index contributed by atoms with van der Waals surface area (Å²) in [5.74, 6) is 1.47. The van der Waals surface area contributed by atoms with Gasteiger partial charge in [0, 0.05) is 5.92 Å². The van der Waals surface area contributed by atoms with Crippen LogP contribution in [-0.4, -0.2) is 0 Å². The van der Waals surface area contributed by atoms with E-state index < -0.39 is 0 Å². The second kappa shape index (κ2) is 16.1. The van der Waals surface area contributed by atoms with Gasteiger partial charge in [0.25, 0.3) is 0 Å². The van der Waals surface area contributed by atoms with Crippen LogP contribution in [0.2, 0.25) is 0 Å². The third kappa shape index (κ3) is 8.53. The SMILES string of the molecule is c1ccc(C[C](Cc2ccccc2)c2cc(Cc3ccccc3)c(Cc3ccccc3)c(Cc3ccccc3)c2Cc2ccccc2)cc1. The molecule has 0 aliphatic carbocycles. The van der Waals surface area contributed by atoms with Crippen molar-refractivity contribution in [2.45, 2.75) is 38.5 Å². The van der Waals surface area contributed by atoms with Crippen molar-refractivity contribution in [3.8, 4) is 0 Å². The Balaban J connectivity index is 1.49. The van der Waals surface area contributed by atoms with Crippen LogP contribution in [0.3, 0.4) is 0 Å². The second-order valence-electron chi connectivity index (χ2n) is 13.1. The molecule has 0 N–H and O–H groups in total. The zero-order valence-corrected chi connectivity index (χ0v) is 28.1. The molecule has 0 bridgehead atoms. The van der Waals surface area contributed by atoms with Crippen molar-refractivity contribution < 1.29 is 0 Å². The molecule has 7 aromatic rings. The molecule has 0 aliphatic heterocycles. The molecule has 0 aliphatic rings. The van der Waals surface area contributed by atoms with Gasteiger partial charge in [-0.05, 0) is 99.7 Å². The third-order valence-corrected chi connectivity index (χ3v) is 9.57. The van der Waals surface area contributed by atoms with E-state index in [1.807, 2.05) is 0 Å². The van der Waals surface area contributed by atoms with Crippen LogP contribution in [0.4, 0.5) is 0 Å². The standard InChI is InChI=1S/C49H43/c1-7-19-38(20-8-1)31-44(32-39-21-9-2-10-22-39)47-37-45(33-40-23-11-3-12-24-40)46(34-41-25-13-4-14-26-41)48(35-42-27-15-5-16-28-42)49(47)36-43-29-17-6-18-30-43/h1-30,37H,31-36H2. The van der Waals surface area contributed by atoms with Gasteiger partial charge < -0.3 is 0 Å². The summed E-state index contributed by atoms with van der Waals surface area (Å²) in [7, 11) is 0. The summed E-state index contributed by atoms with van der Waals surface area (Å²) in [6, 6.07) is 68.8. The molecule has 0 unspecified atom stereocenters. The van der Waals surface area contributed by atoms with Crippen molar-refractivity contribution in [1.82, 2.24) is 0 Å². The molecule has 0 atom stereocenters. The van der Waals surface area contributed by atoms with Gasteiger partial charge in [0.15, 0.2) is 0 Å². The fraction of sp³-hybridized carbons (Fsp3) is 0.122. The molecule has 0 fully saturated rings. The Kier molecular flexibility index (Phi) is 10.5. The zero-order chi connectivity index (χ0) is 33.1. The molecule has 0 nitrogen and oxygen atoms in total. The van der Waals surface area contributed by atoms with Crippen LogP contribution < -0.4 is 0 Å². The summed E-state index contributed by atoms with van der Waals surface area (Å²) in [6.45, 7) is 0. The molecule has 239 valence electrons. The number of benzene rings is 7. The van der Waals surface area contributed by atoms with Gasteiger partial charge in [-0.1, -0.05) is 188 Å². The van der Waals surface area contributed by atoms with Gasteiger partial charge in [-0.2, -0.15) is 0 Å². The first-order valence-electron chi connectivity index (χ1n) is 17.5. The summed E-state index contributed by atoms with van der Waals surface area (Å²) in [6.07, 6.45) is 5.40. The highest BCUT2D eigenvalue weighted by molar-refractivity contribution is 5.57. The van der Waals surface area contributed by atoms with E-state index in [1.165, 1.54) is 67.1 Å². The molecule has 0 aromatic heterocycles. The Morgan fingerprint density at radius 3 is 0.980 bits per heavy atom. The van der Waals surface area contributed by atoms with Gasteiger partial charge in [0.1, 0.15) is 0 Å². The van der Waals surface area contributed by atoms with Crippen molar-refractivity contribution in [2.75, 3.05) is 0 Å². The topological polar surface area (TPSA) is 0 Å². The van der Waals surface area contributed by atoms with E-state index in [0.717, 1.165) is 38.5 Å². The normalized spacial score (nSPS) is 11.1. The van der Waals surface area contributed by atoms with Crippen molar-refractivity contribution in [2.24, 2.45) is 0 Å². The van der Waals surface area contributed by atoms with Crippen LogP contribution in [-0.2, 0) is 38.5 Å². The average molecular weight is 632 g/mol. The molecule has 0 heteroatoms. The smallest absolute Gasteiger partial charge is 0.0140 e. The molecule has 0 spiro atoms. The van der Waals surface area contributed by atoms with Crippen LogP contribution in [0.15, 0.2) is 188 Å². The summed E-state index contributed by atoms with van der Waals surface area (Å²) >= 11 is 0. The van der Waals surface area contributed by atoms with Crippen LogP contribution >= 0.6 is 0 Å². The van der Waals surface area contributed by atoms with Crippen molar-refractivity contribution >= 4 is 0 Å². The highest BCUT2D eigenvalue weighted by Gasteiger charge is 2.25. The molecule has 7 aromatic carbocycles. The first kappa shape index (κ1) is 32.1. The minimum atomic E-state index is 0.888. The van der Waals surface area contributed by atoms with Crippen LogP contribution in [0, 0.1) is 5.92 Å². The van der Waals surface area contributed by atoms with Gasteiger partial charge in [0.2, 0.25) is 0 Å². The summed E-state index contributed by atoms with van der Waals surface area (Å²) < 4.78 is 0. The van der Waals surface area contributed by atoms with Crippen molar-refractivity contribution in [3.63, 3.8) is 0 Å². The second-order valence-corrected chi connectivity index (χ2v) is 13.1. The largest absolute Gasteiger partial charge is 0.0622 e. The molecular formula is C49H43. The number of hydrogen-bond acceptors (Lipinski definition) is 0. The molecule has 1 radical (unpaired) electrons. The highest BCUT2D eigenvalue weighted by Crippen LogP contribution is 2.37. The molecule has 0 saturated carbocycles. The van der Waals surface area contributed by atoms with Crippen molar-refractivity contribution in [3.05, 3.63) is 255 Å². The van der Waals surface area contributed by atoms with Gasteiger partial charge in [0.05, 0.1) is 0 Å². The van der Waals surface area contributed by atoms with E-state index in [0.29, 0.717) is 0 Å². The monoisotopic (exact) mass is 631 g/mol. The summed E-state index contributed by atoms with van der Waals surface area (Å²) in [5, 5.41) is 0. The maximum Gasteiger partial charge on any atom is 0.0140 e. The maximum absolute atomic E-state index is 2.58. The summed E-state index contributed by atoms with van der Waals surface area (Å²) in [5.41, 5.74) is 15.3. The third-order valence-electron chi connectivity index (χ3n) is 9.57. The average Bonchev–Trinajstić information content (AvgIpc) is 3.16. The fourth-order valence-corrected chi connectivity index (χ4v) is 7.15. The van der Waals surface area contributed by atoms with Gasteiger partial charge in [-0.25, -0.2) is 0 Å². The predicted molar refractivity (Wildman–Crippen MR) is 206 cm³/mol. The van der Waals surface area contributed by atoms with Gasteiger partial charge >= 0.3 is 0 Å². The Labute approximate surface area is 292 Å². The minimum absolute atomic E-state index is 0.888. The zero-order valence-electron chi connectivity index (χ0n) is 28.1. The fourth-order valence-electron chi connectivity index (χ4n) is 7.15. The Morgan fingerprint density at radius 2 is 0.592 bits per heavy atom. The van der Waals surface area contributed by atoms with Gasteiger partial charge in [-0.15, -0.1) is 0 Å². The minimum Gasteiger partial charge on any atom is -0.0622 e. The highest BCUT2D eigenvalue weighted by atomic mass is 14.3. The van der Waals surface area contributed by atoms with Crippen LogP contribution in [0.1, 0.15) is 61.2 Å². The molecule has 7 rings (SSSR count). The molecule has 0 saturated heterocycles. The molecule has 0 amide bonds.